The number of rotatable bonds is 7. The second-order valence-electron chi connectivity index (χ2n) is 7.87. The number of methoxy groups -OCH3 is 2. The minimum absolute atomic E-state index is 0.0761. The zero-order valence-corrected chi connectivity index (χ0v) is 17.8. The molecule has 0 radical (unpaired) electrons. The van der Waals surface area contributed by atoms with Gasteiger partial charge < -0.3 is 19.5 Å². The van der Waals surface area contributed by atoms with E-state index in [1.54, 1.807) is 21.1 Å². The number of carbonyl (C=O) groups is 1. The van der Waals surface area contributed by atoms with Crippen LogP contribution in [-0.2, 0) is 10.2 Å². The van der Waals surface area contributed by atoms with Crippen LogP contribution in [-0.4, -0.2) is 26.2 Å². The molecule has 2 aromatic rings. The average Bonchev–Trinajstić information content (AvgIpc) is 2.66. The maximum Gasteiger partial charge on any atom is 0.261 e. The van der Waals surface area contributed by atoms with E-state index in [9.17, 15) is 4.79 Å². The van der Waals surface area contributed by atoms with E-state index < -0.39 is 6.10 Å². The smallest absolute Gasteiger partial charge is 0.261 e. The van der Waals surface area contributed by atoms with E-state index in [1.165, 1.54) is 5.56 Å². The van der Waals surface area contributed by atoms with Crippen molar-refractivity contribution < 1.29 is 19.0 Å². The van der Waals surface area contributed by atoms with Gasteiger partial charge in [0.2, 0.25) is 0 Å². The third-order valence-electron chi connectivity index (χ3n) is 4.66. The third kappa shape index (κ3) is 5.41. The van der Waals surface area contributed by atoms with E-state index in [4.69, 9.17) is 14.2 Å². The van der Waals surface area contributed by atoms with Gasteiger partial charge in [-0.15, -0.1) is 0 Å². The summed E-state index contributed by atoms with van der Waals surface area (Å²) >= 11 is 0. The first kappa shape index (κ1) is 21.6. The summed E-state index contributed by atoms with van der Waals surface area (Å²) < 4.78 is 16.5. The lowest BCUT2D eigenvalue weighted by molar-refractivity contribution is -0.127. The molecular formula is C23H31NO4. The monoisotopic (exact) mass is 385 g/mol. The number of nitrogens with one attached hydrogen (secondary N) is 1. The summed E-state index contributed by atoms with van der Waals surface area (Å²) in [5.74, 6) is 1.87. The lowest BCUT2D eigenvalue weighted by Crippen LogP contribution is -2.37. The molecule has 0 unspecified atom stereocenters. The van der Waals surface area contributed by atoms with E-state index in [0.717, 1.165) is 5.56 Å². The topological polar surface area (TPSA) is 56.8 Å². The maximum atomic E-state index is 12.6. The van der Waals surface area contributed by atoms with Crippen LogP contribution in [0.15, 0.2) is 42.5 Å². The number of benzene rings is 2. The predicted molar refractivity (Wildman–Crippen MR) is 111 cm³/mol. The molecule has 0 aliphatic carbocycles. The summed E-state index contributed by atoms with van der Waals surface area (Å²) in [5, 5.41) is 2.98. The lowest BCUT2D eigenvalue weighted by Gasteiger charge is -2.22. The number of carbonyl (C=O) groups excluding carboxylic acids is 1. The Labute approximate surface area is 168 Å². The Morgan fingerprint density at radius 2 is 1.54 bits per heavy atom. The molecule has 0 bridgehead atoms. The van der Waals surface area contributed by atoms with Crippen LogP contribution in [0, 0.1) is 0 Å². The molecular weight excluding hydrogens is 354 g/mol. The standard InChI is InChI=1S/C23H31NO4/c1-15(20-14-19(26-6)12-13-21(20)27-7)24-22(25)16(2)28-18-10-8-17(9-11-18)23(3,4)5/h8-16H,1-7H3,(H,24,25)/t15-,16+/m1/s1. The normalized spacial score (nSPS) is 13.4. The van der Waals surface area contributed by atoms with Crippen LogP contribution in [0.5, 0.6) is 17.2 Å². The number of hydrogen-bond acceptors (Lipinski definition) is 4. The molecule has 5 heteroatoms. The summed E-state index contributed by atoms with van der Waals surface area (Å²) in [5.41, 5.74) is 2.14. The van der Waals surface area contributed by atoms with E-state index in [2.05, 4.69) is 26.1 Å². The van der Waals surface area contributed by atoms with Gasteiger partial charge in [-0.25, -0.2) is 0 Å². The SMILES string of the molecule is COc1ccc(OC)c([C@@H](C)NC(=O)[C@H](C)Oc2ccc(C(C)(C)C)cc2)c1. The van der Waals surface area contributed by atoms with Crippen LogP contribution in [0.3, 0.4) is 0 Å². The molecule has 1 amide bonds. The highest BCUT2D eigenvalue weighted by molar-refractivity contribution is 5.81. The molecule has 0 heterocycles. The number of amides is 1. The highest BCUT2D eigenvalue weighted by Gasteiger charge is 2.21. The molecule has 0 aliphatic heterocycles. The molecule has 0 spiro atoms. The molecule has 0 fully saturated rings. The highest BCUT2D eigenvalue weighted by atomic mass is 16.5. The van der Waals surface area contributed by atoms with Crippen molar-refractivity contribution in [2.75, 3.05) is 14.2 Å². The van der Waals surface area contributed by atoms with Crippen LogP contribution >= 0.6 is 0 Å². The fraction of sp³-hybridized carbons (Fsp3) is 0.435. The summed E-state index contributed by atoms with van der Waals surface area (Å²) in [6.45, 7) is 10.1. The fourth-order valence-corrected chi connectivity index (χ4v) is 2.88. The Hall–Kier alpha value is -2.69. The summed E-state index contributed by atoms with van der Waals surface area (Å²) in [7, 11) is 3.21. The van der Waals surface area contributed by atoms with E-state index in [0.29, 0.717) is 17.2 Å². The van der Waals surface area contributed by atoms with Gasteiger partial charge in [0.15, 0.2) is 6.10 Å². The van der Waals surface area contributed by atoms with Gasteiger partial charge in [0.1, 0.15) is 17.2 Å². The molecule has 0 aliphatic rings. The first-order chi connectivity index (χ1) is 13.2. The molecule has 0 saturated carbocycles. The van der Waals surface area contributed by atoms with E-state index in [-0.39, 0.29) is 17.4 Å². The summed E-state index contributed by atoms with van der Waals surface area (Å²) in [6, 6.07) is 13.1. The molecule has 28 heavy (non-hydrogen) atoms. The maximum absolute atomic E-state index is 12.6. The van der Waals surface area contributed by atoms with Gasteiger partial charge in [-0.2, -0.15) is 0 Å². The van der Waals surface area contributed by atoms with Gasteiger partial charge >= 0.3 is 0 Å². The molecule has 2 atom stereocenters. The average molecular weight is 386 g/mol. The Balaban J connectivity index is 2.04. The zero-order chi connectivity index (χ0) is 20.9. The molecule has 0 saturated heterocycles. The van der Waals surface area contributed by atoms with Gasteiger partial charge in [-0.1, -0.05) is 32.9 Å². The highest BCUT2D eigenvalue weighted by Crippen LogP contribution is 2.29. The van der Waals surface area contributed by atoms with Crippen LogP contribution in [0.4, 0.5) is 0 Å². The van der Waals surface area contributed by atoms with Crippen molar-refractivity contribution in [1.29, 1.82) is 0 Å². The third-order valence-corrected chi connectivity index (χ3v) is 4.66. The molecule has 5 nitrogen and oxygen atoms in total. The molecule has 2 aromatic carbocycles. The Morgan fingerprint density at radius 3 is 2.07 bits per heavy atom. The van der Waals surface area contributed by atoms with Gasteiger partial charge in [-0.05, 0) is 55.2 Å². The molecule has 1 N–H and O–H groups in total. The second-order valence-corrected chi connectivity index (χ2v) is 7.87. The van der Waals surface area contributed by atoms with Gasteiger partial charge in [0.05, 0.1) is 20.3 Å². The predicted octanol–water partition coefficient (Wildman–Crippen LogP) is 4.65. The summed E-state index contributed by atoms with van der Waals surface area (Å²) in [6.07, 6.45) is -0.625. The fourth-order valence-electron chi connectivity index (χ4n) is 2.88. The molecule has 0 aromatic heterocycles. The minimum atomic E-state index is -0.625. The summed E-state index contributed by atoms with van der Waals surface area (Å²) in [4.78, 5) is 12.6. The van der Waals surface area contributed by atoms with Crippen molar-refractivity contribution in [3.05, 3.63) is 53.6 Å². The van der Waals surface area contributed by atoms with Crippen LogP contribution in [0.25, 0.3) is 0 Å². The largest absolute Gasteiger partial charge is 0.497 e. The van der Waals surface area contributed by atoms with Gasteiger partial charge in [0, 0.05) is 5.56 Å². The van der Waals surface area contributed by atoms with Crippen molar-refractivity contribution >= 4 is 5.91 Å². The minimum Gasteiger partial charge on any atom is -0.497 e. The van der Waals surface area contributed by atoms with Crippen LogP contribution < -0.4 is 19.5 Å². The van der Waals surface area contributed by atoms with Crippen molar-refractivity contribution in [2.45, 2.75) is 52.2 Å². The van der Waals surface area contributed by atoms with E-state index >= 15 is 0 Å². The van der Waals surface area contributed by atoms with Crippen molar-refractivity contribution in [1.82, 2.24) is 5.32 Å². The quantitative estimate of drug-likeness (QED) is 0.754. The van der Waals surface area contributed by atoms with Crippen molar-refractivity contribution in [3.63, 3.8) is 0 Å². The second kappa shape index (κ2) is 9.00. The Morgan fingerprint density at radius 1 is 0.929 bits per heavy atom. The van der Waals surface area contributed by atoms with Gasteiger partial charge in [0.25, 0.3) is 5.91 Å². The Bertz CT molecular complexity index is 793. The zero-order valence-electron chi connectivity index (χ0n) is 17.8. The van der Waals surface area contributed by atoms with Crippen LogP contribution in [0.1, 0.15) is 51.8 Å². The number of ether oxygens (including phenoxy) is 3. The number of hydrogen-bond donors (Lipinski definition) is 1. The van der Waals surface area contributed by atoms with Gasteiger partial charge in [-0.3, -0.25) is 4.79 Å². The first-order valence-electron chi connectivity index (χ1n) is 9.45. The Kier molecular flexibility index (Phi) is 6.95. The van der Waals surface area contributed by atoms with Crippen LogP contribution in [0.2, 0.25) is 0 Å². The van der Waals surface area contributed by atoms with E-state index in [1.807, 2.05) is 49.4 Å². The lowest BCUT2D eigenvalue weighted by atomic mass is 9.87. The van der Waals surface area contributed by atoms with Crippen molar-refractivity contribution in [3.8, 4) is 17.2 Å². The molecule has 2 rings (SSSR count). The first-order valence-corrected chi connectivity index (χ1v) is 9.45. The van der Waals surface area contributed by atoms with Crippen molar-refractivity contribution in [2.24, 2.45) is 0 Å². The molecule has 152 valence electrons.